The van der Waals surface area contributed by atoms with Crippen LogP contribution in [0.4, 0.5) is 0 Å². The highest BCUT2D eigenvalue weighted by Gasteiger charge is 2.25. The molecule has 4 heteroatoms. The number of benzene rings is 1. The molecule has 0 aliphatic heterocycles. The summed E-state index contributed by atoms with van der Waals surface area (Å²) in [4.78, 5) is 11.9. The molecule has 1 N–H and O–H groups in total. The number of rotatable bonds is 5. The summed E-state index contributed by atoms with van der Waals surface area (Å²) in [7, 11) is 1.62. The molecule has 19 heavy (non-hydrogen) atoms. The van der Waals surface area contributed by atoms with Gasteiger partial charge in [0, 0.05) is 11.9 Å². The predicted molar refractivity (Wildman–Crippen MR) is 76.7 cm³/mol. The van der Waals surface area contributed by atoms with Gasteiger partial charge in [0.25, 0.3) is 0 Å². The van der Waals surface area contributed by atoms with Crippen molar-refractivity contribution in [1.29, 1.82) is 0 Å². The van der Waals surface area contributed by atoms with E-state index in [1.807, 2.05) is 24.3 Å². The van der Waals surface area contributed by atoms with Crippen LogP contribution in [-0.2, 0) is 11.2 Å². The number of halogens is 1. The molecule has 1 saturated carbocycles. The Morgan fingerprint density at radius 1 is 1.47 bits per heavy atom. The lowest BCUT2D eigenvalue weighted by Gasteiger charge is -2.14. The minimum Gasteiger partial charge on any atom is -0.497 e. The van der Waals surface area contributed by atoms with Crippen molar-refractivity contribution >= 4 is 17.5 Å². The second kappa shape index (κ2) is 6.80. The van der Waals surface area contributed by atoms with Gasteiger partial charge < -0.3 is 10.1 Å². The van der Waals surface area contributed by atoms with Crippen LogP contribution in [0.3, 0.4) is 0 Å². The maximum Gasteiger partial charge on any atom is 0.224 e. The molecular weight excluding hydrogens is 262 g/mol. The van der Waals surface area contributed by atoms with Gasteiger partial charge in [-0.2, -0.15) is 0 Å². The van der Waals surface area contributed by atoms with Crippen molar-refractivity contribution < 1.29 is 9.53 Å². The Morgan fingerprint density at radius 2 is 2.32 bits per heavy atom. The number of methoxy groups -OCH3 is 1. The fourth-order valence-electron chi connectivity index (χ4n) is 2.50. The lowest BCUT2D eigenvalue weighted by molar-refractivity contribution is -0.120. The van der Waals surface area contributed by atoms with E-state index < -0.39 is 0 Å². The topological polar surface area (TPSA) is 38.3 Å². The standard InChI is InChI=1S/C15H20ClNO2/c1-19-13-6-2-4-11(8-13)9-15(18)17-10-12-5-3-7-14(12)16/h2,4,6,8,12,14H,3,5,7,9-10H2,1H3,(H,17,18). The molecule has 1 aliphatic carbocycles. The fraction of sp³-hybridized carbons (Fsp3) is 0.533. The Hall–Kier alpha value is -1.22. The van der Waals surface area contributed by atoms with Gasteiger partial charge in [0.1, 0.15) is 5.75 Å². The average Bonchev–Trinajstić information content (AvgIpc) is 2.82. The number of hydrogen-bond donors (Lipinski definition) is 1. The lowest BCUT2D eigenvalue weighted by atomic mass is 10.1. The normalized spacial score (nSPS) is 22.2. The Bertz CT molecular complexity index is 436. The first-order valence-corrected chi connectivity index (χ1v) is 7.16. The molecule has 0 spiro atoms. The summed E-state index contributed by atoms with van der Waals surface area (Å²) < 4.78 is 5.14. The van der Waals surface area contributed by atoms with Gasteiger partial charge in [-0.3, -0.25) is 4.79 Å². The first-order valence-electron chi connectivity index (χ1n) is 6.72. The monoisotopic (exact) mass is 281 g/mol. The van der Waals surface area contributed by atoms with Crippen molar-refractivity contribution in [2.24, 2.45) is 5.92 Å². The third kappa shape index (κ3) is 4.13. The van der Waals surface area contributed by atoms with E-state index in [0.717, 1.165) is 24.2 Å². The summed E-state index contributed by atoms with van der Waals surface area (Å²) in [6.07, 6.45) is 3.74. The molecule has 1 amide bonds. The van der Waals surface area contributed by atoms with Crippen LogP contribution in [0.15, 0.2) is 24.3 Å². The zero-order valence-electron chi connectivity index (χ0n) is 11.2. The third-order valence-corrected chi connectivity index (χ3v) is 4.20. The summed E-state index contributed by atoms with van der Waals surface area (Å²) in [6, 6.07) is 7.59. The van der Waals surface area contributed by atoms with Crippen molar-refractivity contribution in [2.75, 3.05) is 13.7 Å². The maximum atomic E-state index is 11.9. The second-order valence-corrected chi connectivity index (χ2v) is 5.60. The third-order valence-electron chi connectivity index (χ3n) is 3.63. The van der Waals surface area contributed by atoms with Crippen molar-refractivity contribution in [3.05, 3.63) is 29.8 Å². The SMILES string of the molecule is COc1cccc(CC(=O)NCC2CCCC2Cl)c1. The number of carbonyl (C=O) groups is 1. The van der Waals surface area contributed by atoms with Crippen LogP contribution in [0.5, 0.6) is 5.75 Å². The van der Waals surface area contributed by atoms with Gasteiger partial charge in [-0.1, -0.05) is 18.6 Å². The van der Waals surface area contributed by atoms with E-state index in [-0.39, 0.29) is 11.3 Å². The molecule has 1 aromatic rings. The van der Waals surface area contributed by atoms with Gasteiger partial charge in [0.15, 0.2) is 0 Å². The summed E-state index contributed by atoms with van der Waals surface area (Å²) in [6.45, 7) is 0.691. The molecule has 3 nitrogen and oxygen atoms in total. The second-order valence-electron chi connectivity index (χ2n) is 5.04. The first kappa shape index (κ1) is 14.2. The van der Waals surface area contributed by atoms with Crippen molar-refractivity contribution in [2.45, 2.75) is 31.1 Å². The molecule has 2 unspecified atom stereocenters. The smallest absolute Gasteiger partial charge is 0.224 e. The van der Waals surface area contributed by atoms with Crippen LogP contribution in [-0.4, -0.2) is 24.9 Å². The molecule has 0 bridgehead atoms. The van der Waals surface area contributed by atoms with Crippen LogP contribution in [0.2, 0.25) is 0 Å². The number of nitrogens with one attached hydrogen (secondary N) is 1. The molecule has 0 aromatic heterocycles. The van der Waals surface area contributed by atoms with Crippen molar-refractivity contribution in [3.63, 3.8) is 0 Å². The number of amides is 1. The molecular formula is C15H20ClNO2. The van der Waals surface area contributed by atoms with Gasteiger partial charge in [0.2, 0.25) is 5.91 Å². The first-order chi connectivity index (χ1) is 9.19. The Balaban J connectivity index is 1.80. The zero-order valence-corrected chi connectivity index (χ0v) is 12.0. The molecule has 0 radical (unpaired) electrons. The molecule has 0 saturated heterocycles. The van der Waals surface area contributed by atoms with E-state index in [1.54, 1.807) is 7.11 Å². The molecule has 0 heterocycles. The van der Waals surface area contributed by atoms with Crippen LogP contribution >= 0.6 is 11.6 Å². The summed E-state index contributed by atoms with van der Waals surface area (Å²) in [5, 5.41) is 3.20. The minimum absolute atomic E-state index is 0.0454. The minimum atomic E-state index is 0.0454. The van der Waals surface area contributed by atoms with Crippen molar-refractivity contribution in [1.82, 2.24) is 5.32 Å². The van der Waals surface area contributed by atoms with Crippen LogP contribution in [0.25, 0.3) is 0 Å². The number of hydrogen-bond acceptors (Lipinski definition) is 2. The molecule has 1 fully saturated rings. The van der Waals surface area contributed by atoms with Gasteiger partial charge in [-0.25, -0.2) is 0 Å². The highest BCUT2D eigenvalue weighted by Crippen LogP contribution is 2.29. The number of carbonyl (C=O) groups excluding carboxylic acids is 1. The summed E-state index contributed by atoms with van der Waals surface area (Å²) >= 11 is 6.19. The van der Waals surface area contributed by atoms with E-state index in [9.17, 15) is 4.79 Å². The molecule has 1 aromatic carbocycles. The maximum absolute atomic E-state index is 11.9. The predicted octanol–water partition coefficient (Wildman–Crippen LogP) is 2.76. The van der Waals surface area contributed by atoms with E-state index >= 15 is 0 Å². The van der Waals surface area contributed by atoms with E-state index in [1.165, 1.54) is 6.42 Å². The lowest BCUT2D eigenvalue weighted by Crippen LogP contribution is -2.32. The van der Waals surface area contributed by atoms with Crippen LogP contribution in [0, 0.1) is 5.92 Å². The van der Waals surface area contributed by atoms with Gasteiger partial charge in [-0.05, 0) is 36.5 Å². The number of alkyl halides is 1. The van der Waals surface area contributed by atoms with Crippen LogP contribution < -0.4 is 10.1 Å². The van der Waals surface area contributed by atoms with E-state index in [2.05, 4.69) is 5.32 Å². The molecule has 2 rings (SSSR count). The fourth-order valence-corrected chi connectivity index (χ4v) is 2.87. The van der Waals surface area contributed by atoms with Gasteiger partial charge in [0.05, 0.1) is 13.5 Å². The van der Waals surface area contributed by atoms with Gasteiger partial charge in [-0.15, -0.1) is 11.6 Å². The summed E-state index contributed by atoms with van der Waals surface area (Å²) in [5.41, 5.74) is 0.964. The Labute approximate surface area is 119 Å². The quantitative estimate of drug-likeness (QED) is 0.843. The number of ether oxygens (including phenoxy) is 1. The highest BCUT2D eigenvalue weighted by atomic mass is 35.5. The van der Waals surface area contributed by atoms with Crippen LogP contribution in [0.1, 0.15) is 24.8 Å². The summed E-state index contributed by atoms with van der Waals surface area (Å²) in [5.74, 6) is 1.25. The average molecular weight is 282 g/mol. The van der Waals surface area contributed by atoms with Crippen molar-refractivity contribution in [3.8, 4) is 5.75 Å². The molecule has 2 atom stereocenters. The largest absolute Gasteiger partial charge is 0.497 e. The van der Waals surface area contributed by atoms with Gasteiger partial charge >= 0.3 is 0 Å². The Morgan fingerprint density at radius 3 is 3.00 bits per heavy atom. The molecule has 104 valence electrons. The highest BCUT2D eigenvalue weighted by molar-refractivity contribution is 6.20. The van der Waals surface area contributed by atoms with E-state index in [4.69, 9.17) is 16.3 Å². The Kier molecular flexibility index (Phi) is 5.08. The molecule has 1 aliphatic rings. The zero-order chi connectivity index (χ0) is 13.7. The van der Waals surface area contributed by atoms with E-state index in [0.29, 0.717) is 18.9 Å².